The molecule has 5 heteroatoms. The number of epoxide rings is 1. The highest BCUT2D eigenvalue weighted by Crippen LogP contribution is 2.23. The second kappa shape index (κ2) is 10.3. The van der Waals surface area contributed by atoms with Crippen LogP contribution in [0.15, 0.2) is 48.5 Å². The van der Waals surface area contributed by atoms with Crippen molar-refractivity contribution in [3.05, 3.63) is 59.7 Å². The first kappa shape index (κ1) is 23.3. The lowest BCUT2D eigenvalue weighted by Crippen LogP contribution is -2.43. The predicted molar refractivity (Wildman–Crippen MR) is 125 cm³/mol. The molecule has 1 fully saturated rings. The van der Waals surface area contributed by atoms with Crippen LogP contribution in [-0.4, -0.2) is 37.0 Å². The smallest absolute Gasteiger partial charge is 0.407 e. The van der Waals surface area contributed by atoms with Crippen molar-refractivity contribution in [1.82, 2.24) is 10.6 Å². The van der Waals surface area contributed by atoms with Crippen LogP contribution in [0.5, 0.6) is 0 Å². The normalized spacial score (nSPS) is 16.8. The fourth-order valence-electron chi connectivity index (χ4n) is 3.48. The minimum Gasteiger partial charge on any atom is -0.444 e. The van der Waals surface area contributed by atoms with Crippen LogP contribution in [0, 0.1) is 5.92 Å². The van der Waals surface area contributed by atoms with Crippen LogP contribution in [0.3, 0.4) is 0 Å². The Morgan fingerprint density at radius 2 is 1.81 bits per heavy atom. The lowest BCUT2D eigenvalue weighted by molar-refractivity contribution is 0.0495. The van der Waals surface area contributed by atoms with Gasteiger partial charge in [-0.05, 0) is 68.0 Å². The second-order valence-corrected chi connectivity index (χ2v) is 9.75. The monoisotopic (exact) mass is 424 g/mol. The second-order valence-electron chi connectivity index (χ2n) is 9.75. The molecule has 31 heavy (non-hydrogen) atoms. The summed E-state index contributed by atoms with van der Waals surface area (Å²) in [5.74, 6) is 0.644. The molecule has 1 saturated heterocycles. The molecule has 1 amide bonds. The van der Waals surface area contributed by atoms with E-state index in [2.05, 4.69) is 73.0 Å². The van der Waals surface area contributed by atoms with Crippen LogP contribution in [0.2, 0.25) is 0 Å². The molecule has 168 valence electrons. The zero-order valence-corrected chi connectivity index (χ0v) is 19.4. The van der Waals surface area contributed by atoms with Crippen LogP contribution in [-0.2, 0) is 22.4 Å². The van der Waals surface area contributed by atoms with Gasteiger partial charge in [0.1, 0.15) is 11.7 Å². The number of hydrogen-bond donors (Lipinski definition) is 2. The predicted octanol–water partition coefficient (Wildman–Crippen LogP) is 4.93. The van der Waals surface area contributed by atoms with E-state index in [4.69, 9.17) is 9.47 Å². The summed E-state index contributed by atoms with van der Waals surface area (Å²) >= 11 is 0. The average molecular weight is 425 g/mol. The number of nitrogens with one attached hydrogen (secondary N) is 2. The molecule has 2 aromatic rings. The van der Waals surface area contributed by atoms with Crippen LogP contribution in [0.4, 0.5) is 4.79 Å². The zero-order valence-electron chi connectivity index (χ0n) is 19.4. The third-order valence-corrected chi connectivity index (χ3v) is 5.06. The summed E-state index contributed by atoms with van der Waals surface area (Å²) in [6, 6.07) is 17.1. The number of amides is 1. The summed E-state index contributed by atoms with van der Waals surface area (Å²) in [7, 11) is 0. The first-order chi connectivity index (χ1) is 14.7. The van der Waals surface area contributed by atoms with Gasteiger partial charge in [-0.25, -0.2) is 4.79 Å². The minimum atomic E-state index is -0.514. The van der Waals surface area contributed by atoms with Crippen molar-refractivity contribution in [3.8, 4) is 11.1 Å². The third-order valence-electron chi connectivity index (χ3n) is 5.06. The van der Waals surface area contributed by atoms with E-state index in [0.717, 1.165) is 18.7 Å². The molecule has 0 radical (unpaired) electrons. The van der Waals surface area contributed by atoms with Crippen molar-refractivity contribution >= 4 is 6.09 Å². The maximum Gasteiger partial charge on any atom is 0.407 e. The Kier molecular flexibility index (Phi) is 7.74. The number of rotatable bonds is 9. The lowest BCUT2D eigenvalue weighted by Gasteiger charge is -2.23. The van der Waals surface area contributed by atoms with E-state index in [1.807, 2.05) is 20.8 Å². The van der Waals surface area contributed by atoms with Gasteiger partial charge in [0.15, 0.2) is 0 Å². The molecule has 1 aliphatic heterocycles. The van der Waals surface area contributed by atoms with Gasteiger partial charge in [-0.1, -0.05) is 56.3 Å². The Hall–Kier alpha value is -2.37. The van der Waals surface area contributed by atoms with E-state index < -0.39 is 11.7 Å². The molecule has 0 bridgehead atoms. The number of benzene rings is 2. The van der Waals surface area contributed by atoms with Gasteiger partial charge in [-0.3, -0.25) is 0 Å². The lowest BCUT2D eigenvalue weighted by atomic mass is 9.98. The van der Waals surface area contributed by atoms with Crippen LogP contribution in [0.1, 0.15) is 45.7 Å². The van der Waals surface area contributed by atoms with E-state index in [9.17, 15) is 4.79 Å². The molecule has 2 atom stereocenters. The molecule has 0 aliphatic carbocycles. The number of carbonyl (C=O) groups is 1. The van der Waals surface area contributed by atoms with Gasteiger partial charge in [-0.15, -0.1) is 0 Å². The number of ether oxygens (including phenoxy) is 2. The van der Waals surface area contributed by atoms with Gasteiger partial charge in [0.2, 0.25) is 0 Å². The van der Waals surface area contributed by atoms with E-state index in [-0.39, 0.29) is 12.1 Å². The van der Waals surface area contributed by atoms with E-state index in [0.29, 0.717) is 18.9 Å². The topological polar surface area (TPSA) is 62.9 Å². The molecule has 0 spiro atoms. The molecular weight excluding hydrogens is 388 g/mol. The first-order valence-electron chi connectivity index (χ1n) is 11.2. The standard InChI is InChI=1S/C26H36N2O3/c1-18(2)15-27-16-20-7-6-8-22(13-20)21-11-9-19(10-12-21)14-23(24-17-30-24)28-25(29)31-26(3,4)5/h6-13,18,23-24,27H,14-17H2,1-5H3,(H,28,29)/t23-,24-/m1/s1. The van der Waals surface area contributed by atoms with Crippen LogP contribution >= 0.6 is 0 Å². The van der Waals surface area contributed by atoms with Gasteiger partial charge in [0, 0.05) is 6.54 Å². The minimum absolute atomic E-state index is 0.0576. The number of hydrogen-bond acceptors (Lipinski definition) is 4. The summed E-state index contributed by atoms with van der Waals surface area (Å²) in [6.07, 6.45) is 0.373. The molecule has 1 heterocycles. The Bertz CT molecular complexity index is 852. The van der Waals surface area contributed by atoms with Gasteiger partial charge in [0.05, 0.1) is 12.6 Å². The Morgan fingerprint density at radius 1 is 1.10 bits per heavy atom. The Balaban J connectivity index is 1.61. The molecule has 2 N–H and O–H groups in total. The largest absolute Gasteiger partial charge is 0.444 e. The van der Waals surface area contributed by atoms with Crippen molar-refractivity contribution in [2.45, 2.75) is 65.3 Å². The molecule has 0 aromatic heterocycles. The fourth-order valence-corrected chi connectivity index (χ4v) is 3.48. The van der Waals surface area contributed by atoms with Crippen molar-refractivity contribution < 1.29 is 14.3 Å². The van der Waals surface area contributed by atoms with Crippen molar-refractivity contribution in [3.63, 3.8) is 0 Å². The van der Waals surface area contributed by atoms with E-state index in [1.54, 1.807) is 0 Å². The molecule has 2 aromatic carbocycles. The summed E-state index contributed by atoms with van der Waals surface area (Å²) in [6.45, 7) is 12.6. The number of carbonyl (C=O) groups excluding carboxylic acids is 1. The molecule has 0 saturated carbocycles. The van der Waals surface area contributed by atoms with E-state index in [1.165, 1.54) is 16.7 Å². The maximum absolute atomic E-state index is 12.2. The average Bonchev–Trinajstić information content (AvgIpc) is 3.52. The Morgan fingerprint density at radius 3 is 2.42 bits per heavy atom. The SMILES string of the molecule is CC(C)CNCc1cccc(-c2ccc(C[C@@H](NC(=O)OC(C)(C)C)[C@H]3CO3)cc2)c1. The van der Waals surface area contributed by atoms with Crippen molar-refractivity contribution in [2.24, 2.45) is 5.92 Å². The van der Waals surface area contributed by atoms with Gasteiger partial charge in [-0.2, -0.15) is 0 Å². The molecule has 0 unspecified atom stereocenters. The summed E-state index contributed by atoms with van der Waals surface area (Å²) in [4.78, 5) is 12.2. The molecular formula is C26H36N2O3. The van der Waals surface area contributed by atoms with Gasteiger partial charge >= 0.3 is 6.09 Å². The highest BCUT2D eigenvalue weighted by atomic mass is 16.6. The quantitative estimate of drug-likeness (QED) is 0.560. The molecule has 3 rings (SSSR count). The van der Waals surface area contributed by atoms with Crippen molar-refractivity contribution in [1.29, 1.82) is 0 Å². The van der Waals surface area contributed by atoms with Crippen LogP contribution < -0.4 is 10.6 Å². The fraction of sp³-hybridized carbons (Fsp3) is 0.500. The third kappa shape index (κ3) is 8.00. The summed E-state index contributed by atoms with van der Waals surface area (Å²) < 4.78 is 10.9. The summed E-state index contributed by atoms with van der Waals surface area (Å²) in [5.41, 5.74) is 4.34. The van der Waals surface area contributed by atoms with Gasteiger partial charge in [0.25, 0.3) is 0 Å². The summed E-state index contributed by atoms with van der Waals surface area (Å²) in [5, 5.41) is 6.47. The Labute approximate surface area is 186 Å². The zero-order chi connectivity index (χ0) is 22.4. The first-order valence-corrected chi connectivity index (χ1v) is 11.2. The molecule has 1 aliphatic rings. The highest BCUT2D eigenvalue weighted by Gasteiger charge is 2.34. The van der Waals surface area contributed by atoms with Crippen molar-refractivity contribution in [2.75, 3.05) is 13.2 Å². The highest BCUT2D eigenvalue weighted by molar-refractivity contribution is 5.68. The van der Waals surface area contributed by atoms with Gasteiger partial charge < -0.3 is 20.1 Å². The number of alkyl carbamates (subject to hydrolysis) is 1. The molecule has 5 nitrogen and oxygen atoms in total. The van der Waals surface area contributed by atoms with E-state index >= 15 is 0 Å². The maximum atomic E-state index is 12.2. The van der Waals surface area contributed by atoms with Crippen LogP contribution in [0.25, 0.3) is 11.1 Å².